The van der Waals surface area contributed by atoms with E-state index < -0.39 is 0 Å². The van der Waals surface area contributed by atoms with Gasteiger partial charge in [0.25, 0.3) is 0 Å². The molecule has 0 amide bonds. The topological polar surface area (TPSA) is 55.9 Å². The number of benzene rings is 1. The van der Waals surface area contributed by atoms with Gasteiger partial charge in [0.2, 0.25) is 0 Å². The van der Waals surface area contributed by atoms with Gasteiger partial charge < -0.3 is 11.1 Å². The predicted octanol–water partition coefficient (Wildman–Crippen LogP) is 3.66. The van der Waals surface area contributed by atoms with E-state index in [1.165, 1.54) is 32.6 Å². The molecule has 6 heteroatoms. The van der Waals surface area contributed by atoms with Gasteiger partial charge in [-0.1, -0.05) is 12.1 Å². The van der Waals surface area contributed by atoms with E-state index in [4.69, 9.17) is 5.73 Å². The van der Waals surface area contributed by atoms with Gasteiger partial charge in [-0.05, 0) is 55.5 Å². The molecule has 142 valence electrons. The molecule has 0 saturated carbocycles. The van der Waals surface area contributed by atoms with Crippen molar-refractivity contribution in [2.75, 3.05) is 6.54 Å². The number of rotatable bonds is 6. The van der Waals surface area contributed by atoms with Gasteiger partial charge in [-0.3, -0.25) is 4.68 Å². The number of halogens is 1. The molecule has 1 aromatic carbocycles. The number of hydrogen-bond donors (Lipinski definition) is 2. The van der Waals surface area contributed by atoms with Crippen LogP contribution in [0.3, 0.4) is 0 Å². The highest BCUT2D eigenvalue weighted by Gasteiger charge is 2.20. The Morgan fingerprint density at radius 1 is 1.37 bits per heavy atom. The first-order valence-corrected chi connectivity index (χ1v) is 10.3. The normalized spacial score (nSPS) is 14.5. The van der Waals surface area contributed by atoms with E-state index in [0.29, 0.717) is 6.54 Å². The van der Waals surface area contributed by atoms with Crippen LogP contribution in [-0.2, 0) is 25.9 Å². The summed E-state index contributed by atoms with van der Waals surface area (Å²) in [5.74, 6) is -0.197. The fourth-order valence-corrected chi connectivity index (χ4v) is 4.94. The van der Waals surface area contributed by atoms with Crippen molar-refractivity contribution in [3.63, 3.8) is 0 Å². The standard InChI is InChI=1S/C21H25FN4S/c1-14-12-25-26-7-3-6-20-19(21(14)26)10-18(27-20)13-24-17(11-23)9-15-4-2-5-16(22)8-15/h2,4-5,8,10,12,17,24H,3,6-7,9,11,13,23H2,1H3/t17-/m0/s1. The third-order valence-electron chi connectivity index (χ3n) is 5.13. The van der Waals surface area contributed by atoms with Crippen molar-refractivity contribution in [2.24, 2.45) is 5.73 Å². The molecule has 0 spiro atoms. The third-order valence-corrected chi connectivity index (χ3v) is 6.33. The fourth-order valence-electron chi connectivity index (χ4n) is 3.78. The molecule has 1 aliphatic rings. The first-order valence-electron chi connectivity index (χ1n) is 9.46. The Morgan fingerprint density at radius 3 is 3.07 bits per heavy atom. The molecule has 0 fully saturated rings. The van der Waals surface area contributed by atoms with Crippen LogP contribution in [0.4, 0.5) is 4.39 Å². The van der Waals surface area contributed by atoms with E-state index in [9.17, 15) is 4.39 Å². The number of thiophene rings is 1. The molecule has 0 aliphatic carbocycles. The summed E-state index contributed by atoms with van der Waals surface area (Å²) in [5, 5.41) is 8.08. The summed E-state index contributed by atoms with van der Waals surface area (Å²) in [4.78, 5) is 2.76. The maximum Gasteiger partial charge on any atom is 0.123 e. The van der Waals surface area contributed by atoms with Crippen molar-refractivity contribution in [1.29, 1.82) is 0 Å². The number of aryl methyl sites for hydroxylation is 3. The maximum absolute atomic E-state index is 13.4. The van der Waals surface area contributed by atoms with Crippen LogP contribution in [0, 0.1) is 12.7 Å². The summed E-state index contributed by atoms with van der Waals surface area (Å²) < 4.78 is 15.5. The van der Waals surface area contributed by atoms with Crippen LogP contribution in [0.25, 0.3) is 11.3 Å². The van der Waals surface area contributed by atoms with E-state index in [0.717, 1.165) is 37.9 Å². The summed E-state index contributed by atoms with van der Waals surface area (Å²) in [6, 6.07) is 9.18. The van der Waals surface area contributed by atoms with E-state index in [-0.39, 0.29) is 11.9 Å². The smallest absolute Gasteiger partial charge is 0.123 e. The van der Waals surface area contributed by atoms with Crippen LogP contribution in [0.2, 0.25) is 0 Å². The van der Waals surface area contributed by atoms with Crippen molar-refractivity contribution in [1.82, 2.24) is 15.1 Å². The lowest BCUT2D eigenvalue weighted by atomic mass is 10.1. The predicted molar refractivity (Wildman–Crippen MR) is 108 cm³/mol. The molecule has 0 saturated heterocycles. The molecule has 27 heavy (non-hydrogen) atoms. The monoisotopic (exact) mass is 384 g/mol. The second-order valence-corrected chi connectivity index (χ2v) is 8.42. The number of aromatic nitrogens is 2. The van der Waals surface area contributed by atoms with Crippen LogP contribution in [0.5, 0.6) is 0 Å². The second kappa shape index (κ2) is 7.92. The lowest BCUT2D eigenvalue weighted by Gasteiger charge is -2.16. The van der Waals surface area contributed by atoms with Crippen molar-refractivity contribution >= 4 is 11.3 Å². The Labute approximate surface area is 163 Å². The first kappa shape index (κ1) is 18.3. The van der Waals surface area contributed by atoms with Gasteiger partial charge in [-0.2, -0.15) is 5.10 Å². The highest BCUT2D eigenvalue weighted by molar-refractivity contribution is 7.12. The highest BCUT2D eigenvalue weighted by Crippen LogP contribution is 2.36. The van der Waals surface area contributed by atoms with Crippen LogP contribution < -0.4 is 11.1 Å². The number of nitrogens with one attached hydrogen (secondary N) is 1. The Kier molecular flexibility index (Phi) is 5.38. The van der Waals surface area contributed by atoms with Gasteiger partial charge in [0, 0.05) is 41.0 Å². The average molecular weight is 385 g/mol. The fraction of sp³-hybridized carbons (Fsp3) is 0.381. The zero-order chi connectivity index (χ0) is 18.8. The number of nitrogens with two attached hydrogens (primary N) is 1. The van der Waals surface area contributed by atoms with Crippen LogP contribution >= 0.6 is 11.3 Å². The number of fused-ring (bicyclic) bond motifs is 3. The number of hydrogen-bond acceptors (Lipinski definition) is 4. The summed E-state index contributed by atoms with van der Waals surface area (Å²) in [6.45, 7) is 4.42. The SMILES string of the molecule is Cc1cnn2c1-c1cc(CN[C@H](CN)Cc3cccc(F)c3)sc1CCC2. The molecular weight excluding hydrogens is 359 g/mol. The Bertz CT molecular complexity index is 930. The average Bonchev–Trinajstić information content (AvgIpc) is 3.17. The molecule has 0 unspecified atom stereocenters. The van der Waals surface area contributed by atoms with Crippen molar-refractivity contribution in [3.05, 3.63) is 63.2 Å². The van der Waals surface area contributed by atoms with Crippen molar-refractivity contribution in [3.8, 4) is 11.3 Å². The minimum absolute atomic E-state index is 0.126. The summed E-state index contributed by atoms with van der Waals surface area (Å²) in [7, 11) is 0. The molecule has 2 aromatic heterocycles. The Hall–Kier alpha value is -2.02. The van der Waals surface area contributed by atoms with Crippen molar-refractivity contribution < 1.29 is 4.39 Å². The van der Waals surface area contributed by atoms with Gasteiger partial charge in [0.05, 0.1) is 11.9 Å². The minimum Gasteiger partial charge on any atom is -0.329 e. The molecule has 3 heterocycles. The molecule has 4 nitrogen and oxygen atoms in total. The van der Waals surface area contributed by atoms with Gasteiger partial charge in [-0.25, -0.2) is 4.39 Å². The van der Waals surface area contributed by atoms with E-state index in [1.54, 1.807) is 12.1 Å². The van der Waals surface area contributed by atoms with E-state index in [2.05, 4.69) is 28.1 Å². The Morgan fingerprint density at radius 2 is 2.26 bits per heavy atom. The Balaban J connectivity index is 1.47. The highest BCUT2D eigenvalue weighted by atomic mass is 32.1. The lowest BCUT2D eigenvalue weighted by Crippen LogP contribution is -2.37. The summed E-state index contributed by atoms with van der Waals surface area (Å²) >= 11 is 1.88. The summed E-state index contributed by atoms with van der Waals surface area (Å²) in [6.07, 6.45) is 4.92. The zero-order valence-corrected chi connectivity index (χ0v) is 16.4. The first-order chi connectivity index (χ1) is 13.1. The van der Waals surface area contributed by atoms with Crippen LogP contribution in [0.15, 0.2) is 36.5 Å². The quantitative estimate of drug-likeness (QED) is 0.682. The largest absolute Gasteiger partial charge is 0.329 e. The van der Waals surface area contributed by atoms with Crippen LogP contribution in [0.1, 0.15) is 27.3 Å². The van der Waals surface area contributed by atoms with Crippen molar-refractivity contribution in [2.45, 2.75) is 45.3 Å². The second-order valence-electron chi connectivity index (χ2n) is 7.20. The van der Waals surface area contributed by atoms with Gasteiger partial charge in [-0.15, -0.1) is 11.3 Å². The molecular formula is C21H25FN4S. The molecule has 1 atom stereocenters. The minimum atomic E-state index is -0.197. The van der Waals surface area contributed by atoms with Gasteiger partial charge in [0.15, 0.2) is 0 Å². The molecule has 0 bridgehead atoms. The zero-order valence-electron chi connectivity index (χ0n) is 15.5. The molecule has 3 N–H and O–H groups in total. The molecule has 4 rings (SSSR count). The number of nitrogens with zero attached hydrogens (tertiary/aromatic N) is 2. The van der Waals surface area contributed by atoms with E-state index >= 15 is 0 Å². The van der Waals surface area contributed by atoms with E-state index in [1.807, 2.05) is 23.6 Å². The molecule has 1 aliphatic heterocycles. The summed E-state index contributed by atoms with van der Waals surface area (Å²) in [5.41, 5.74) is 10.8. The third kappa shape index (κ3) is 3.98. The molecule has 3 aromatic rings. The van der Waals surface area contributed by atoms with Gasteiger partial charge >= 0.3 is 0 Å². The van der Waals surface area contributed by atoms with Gasteiger partial charge in [0.1, 0.15) is 5.82 Å². The molecule has 0 radical (unpaired) electrons. The van der Waals surface area contributed by atoms with Crippen LogP contribution in [-0.4, -0.2) is 22.4 Å². The lowest BCUT2D eigenvalue weighted by molar-refractivity contribution is 0.516. The maximum atomic E-state index is 13.4.